The first-order chi connectivity index (χ1) is 12.4. The molecule has 25 heavy (non-hydrogen) atoms. The number of nitrogens with one attached hydrogen (secondary N) is 1. The summed E-state index contributed by atoms with van der Waals surface area (Å²) in [4.78, 5) is 0. The van der Waals surface area contributed by atoms with Crippen LogP contribution >= 0.6 is 22.7 Å². The second kappa shape index (κ2) is 6.17. The van der Waals surface area contributed by atoms with E-state index in [4.69, 9.17) is 0 Å². The van der Waals surface area contributed by atoms with E-state index < -0.39 is 0 Å². The lowest BCUT2D eigenvalue weighted by Crippen LogP contribution is -2.04. The number of benzene rings is 3. The van der Waals surface area contributed by atoms with Crippen LogP contribution in [0.4, 0.5) is 5.69 Å². The first-order valence-corrected chi connectivity index (χ1v) is 10.2. The van der Waals surface area contributed by atoms with E-state index in [0.29, 0.717) is 0 Å². The number of hydrogen-bond acceptors (Lipinski definition) is 3. The minimum absolute atomic E-state index is 0.948. The molecule has 0 aliphatic rings. The molecule has 1 nitrogen and oxygen atoms in total. The van der Waals surface area contributed by atoms with Crippen molar-refractivity contribution in [3.05, 3.63) is 77.7 Å². The lowest BCUT2D eigenvalue weighted by molar-refractivity contribution is 1.04. The zero-order chi connectivity index (χ0) is 16.6. The Morgan fingerprint density at radius 2 is 1.60 bits per heavy atom. The summed E-state index contributed by atoms with van der Waals surface area (Å²) in [5.74, 6) is 0. The van der Waals surface area contributed by atoms with Crippen LogP contribution in [0.3, 0.4) is 0 Å². The third-order valence-electron chi connectivity index (χ3n) is 4.69. The zero-order valence-electron chi connectivity index (χ0n) is 13.7. The Kier molecular flexibility index (Phi) is 3.69. The molecule has 0 amide bonds. The van der Waals surface area contributed by atoms with E-state index >= 15 is 0 Å². The lowest BCUT2D eigenvalue weighted by Gasteiger charge is -2.09. The van der Waals surface area contributed by atoms with Crippen molar-refractivity contribution in [2.75, 3.05) is 11.9 Å². The Bertz CT molecular complexity index is 1180. The summed E-state index contributed by atoms with van der Waals surface area (Å²) in [7, 11) is 0. The molecule has 1 N–H and O–H groups in total. The lowest BCUT2D eigenvalue weighted by atomic mass is 10.1. The SMILES string of the molecule is c1ccc2c(NCCc3csc4sc5ccccc5c34)cccc2c1. The van der Waals surface area contributed by atoms with Crippen molar-refractivity contribution >= 4 is 58.6 Å². The number of fused-ring (bicyclic) bond motifs is 4. The van der Waals surface area contributed by atoms with Gasteiger partial charge in [0.25, 0.3) is 0 Å². The third-order valence-corrected chi connectivity index (χ3v) is 7.02. The van der Waals surface area contributed by atoms with Crippen LogP contribution in [-0.2, 0) is 6.42 Å². The standard InChI is InChI=1S/C22H17NS2/c1-2-8-17-15(6-1)7-5-10-19(17)23-13-12-16-14-24-22-21(16)18-9-3-4-11-20(18)25-22/h1-11,14,23H,12-13H2. The van der Waals surface area contributed by atoms with Crippen LogP contribution in [-0.4, -0.2) is 6.54 Å². The molecule has 2 heterocycles. The number of hydrogen-bond donors (Lipinski definition) is 1. The summed E-state index contributed by atoms with van der Waals surface area (Å²) >= 11 is 3.79. The second-order valence-corrected chi connectivity index (χ2v) is 8.42. The molecule has 0 saturated carbocycles. The topological polar surface area (TPSA) is 12.0 Å². The van der Waals surface area contributed by atoms with Gasteiger partial charge >= 0.3 is 0 Å². The van der Waals surface area contributed by atoms with E-state index in [9.17, 15) is 0 Å². The zero-order valence-corrected chi connectivity index (χ0v) is 15.3. The minimum Gasteiger partial charge on any atom is -0.384 e. The molecule has 0 aliphatic carbocycles. The van der Waals surface area contributed by atoms with Crippen LogP contribution in [0.25, 0.3) is 30.3 Å². The smallest absolute Gasteiger partial charge is 0.0880 e. The molecule has 0 saturated heterocycles. The summed E-state index contributed by atoms with van der Waals surface area (Å²) in [5, 5.41) is 11.4. The number of thiophene rings is 2. The molecule has 0 atom stereocenters. The van der Waals surface area contributed by atoms with Crippen LogP contribution in [0.1, 0.15) is 5.56 Å². The van der Waals surface area contributed by atoms with Crippen LogP contribution < -0.4 is 5.32 Å². The van der Waals surface area contributed by atoms with Gasteiger partial charge in [-0.25, -0.2) is 0 Å². The van der Waals surface area contributed by atoms with E-state index in [1.807, 2.05) is 22.7 Å². The maximum atomic E-state index is 3.64. The maximum Gasteiger partial charge on any atom is 0.0880 e. The van der Waals surface area contributed by atoms with Gasteiger partial charge in [-0.2, -0.15) is 0 Å². The van der Waals surface area contributed by atoms with Crippen molar-refractivity contribution in [1.29, 1.82) is 0 Å². The van der Waals surface area contributed by atoms with Crippen molar-refractivity contribution in [3.8, 4) is 0 Å². The monoisotopic (exact) mass is 359 g/mol. The molecule has 0 spiro atoms. The number of anilines is 1. The summed E-state index contributed by atoms with van der Waals surface area (Å²) in [6.07, 6.45) is 1.05. The highest BCUT2D eigenvalue weighted by Crippen LogP contribution is 2.40. The van der Waals surface area contributed by atoms with E-state index in [1.54, 1.807) is 0 Å². The Morgan fingerprint density at radius 3 is 2.56 bits per heavy atom. The minimum atomic E-state index is 0.948. The predicted molar refractivity (Wildman–Crippen MR) is 113 cm³/mol. The van der Waals surface area contributed by atoms with Crippen molar-refractivity contribution in [1.82, 2.24) is 0 Å². The molecular formula is C22H17NS2. The Balaban J connectivity index is 1.42. The first-order valence-electron chi connectivity index (χ1n) is 8.49. The second-order valence-electron chi connectivity index (χ2n) is 6.23. The average Bonchev–Trinajstić information content (AvgIpc) is 3.21. The van der Waals surface area contributed by atoms with Gasteiger partial charge in [0.15, 0.2) is 0 Å². The highest BCUT2D eigenvalue weighted by atomic mass is 32.2. The van der Waals surface area contributed by atoms with Gasteiger partial charge in [0.1, 0.15) is 0 Å². The molecule has 3 aromatic carbocycles. The van der Waals surface area contributed by atoms with E-state index in [0.717, 1.165) is 13.0 Å². The molecule has 0 fully saturated rings. The summed E-state index contributed by atoms with van der Waals surface area (Å²) < 4.78 is 2.84. The summed E-state index contributed by atoms with van der Waals surface area (Å²) in [6, 6.07) is 23.8. The van der Waals surface area contributed by atoms with Gasteiger partial charge in [-0.1, -0.05) is 54.6 Å². The summed E-state index contributed by atoms with van der Waals surface area (Å²) in [5.41, 5.74) is 2.69. The number of rotatable bonds is 4. The quantitative estimate of drug-likeness (QED) is 0.367. The van der Waals surface area contributed by atoms with E-state index in [-0.39, 0.29) is 0 Å². The molecule has 2 aromatic heterocycles. The molecular weight excluding hydrogens is 342 g/mol. The van der Waals surface area contributed by atoms with Gasteiger partial charge in [0, 0.05) is 33.1 Å². The Labute approximate surface area is 154 Å². The van der Waals surface area contributed by atoms with Gasteiger partial charge in [0.05, 0.1) is 4.01 Å². The Morgan fingerprint density at radius 1 is 0.800 bits per heavy atom. The first kappa shape index (κ1) is 14.9. The van der Waals surface area contributed by atoms with Crippen molar-refractivity contribution in [2.45, 2.75) is 6.42 Å². The normalized spacial score (nSPS) is 11.5. The maximum absolute atomic E-state index is 3.64. The molecule has 0 bridgehead atoms. The van der Waals surface area contributed by atoms with Crippen LogP contribution in [0.15, 0.2) is 72.1 Å². The van der Waals surface area contributed by atoms with Crippen LogP contribution in [0, 0.1) is 0 Å². The van der Waals surface area contributed by atoms with Crippen molar-refractivity contribution in [3.63, 3.8) is 0 Å². The van der Waals surface area contributed by atoms with E-state index in [1.165, 1.54) is 41.5 Å². The van der Waals surface area contributed by atoms with Gasteiger partial charge in [-0.15, -0.1) is 22.7 Å². The Hall–Kier alpha value is -2.36. The molecule has 0 radical (unpaired) electrons. The fraction of sp³-hybridized carbons (Fsp3) is 0.0909. The molecule has 3 heteroatoms. The fourth-order valence-corrected chi connectivity index (χ4v) is 5.91. The van der Waals surface area contributed by atoms with Gasteiger partial charge in [-0.05, 0) is 34.9 Å². The van der Waals surface area contributed by atoms with Crippen LogP contribution in [0.2, 0.25) is 0 Å². The fourth-order valence-electron chi connectivity index (χ4n) is 3.49. The molecule has 5 rings (SSSR count). The van der Waals surface area contributed by atoms with Gasteiger partial charge in [-0.3, -0.25) is 0 Å². The molecule has 5 aromatic rings. The predicted octanol–water partition coefficient (Wildman–Crippen LogP) is 6.92. The summed E-state index contributed by atoms with van der Waals surface area (Å²) in [6.45, 7) is 0.948. The van der Waals surface area contributed by atoms with Gasteiger partial charge < -0.3 is 5.32 Å². The molecule has 0 aliphatic heterocycles. The highest BCUT2D eigenvalue weighted by Gasteiger charge is 2.11. The van der Waals surface area contributed by atoms with Gasteiger partial charge in [0.2, 0.25) is 0 Å². The average molecular weight is 360 g/mol. The highest BCUT2D eigenvalue weighted by molar-refractivity contribution is 7.41. The third kappa shape index (κ3) is 2.60. The molecule has 122 valence electrons. The van der Waals surface area contributed by atoms with Crippen molar-refractivity contribution < 1.29 is 0 Å². The van der Waals surface area contributed by atoms with Crippen molar-refractivity contribution in [2.24, 2.45) is 0 Å². The molecule has 0 unspecified atom stereocenters. The van der Waals surface area contributed by atoms with Crippen LogP contribution in [0.5, 0.6) is 0 Å². The largest absolute Gasteiger partial charge is 0.384 e. The van der Waals surface area contributed by atoms with E-state index in [2.05, 4.69) is 77.4 Å².